The van der Waals surface area contributed by atoms with E-state index in [1.54, 1.807) is 72.8 Å². The first-order valence-electron chi connectivity index (χ1n) is 8.49. The monoisotopic (exact) mass is 392 g/mol. The van der Waals surface area contributed by atoms with E-state index in [0.717, 1.165) is 5.56 Å². The Labute approximate surface area is 168 Å². The largest absolute Gasteiger partial charge is 0.497 e. The summed E-state index contributed by atoms with van der Waals surface area (Å²) in [5, 5.41) is 0.575. The molecule has 0 heterocycles. The number of benzene rings is 3. The van der Waals surface area contributed by atoms with E-state index in [2.05, 4.69) is 0 Å². The Morgan fingerprint density at radius 2 is 1.57 bits per heavy atom. The van der Waals surface area contributed by atoms with Gasteiger partial charge in [0, 0.05) is 10.6 Å². The number of carbonyl (C=O) groups excluding carboxylic acids is 2. The summed E-state index contributed by atoms with van der Waals surface area (Å²) in [7, 11) is 1.53. The SMILES string of the molecule is COc1cccc(C(=O)Oc2cccc(/C=C/C(=O)c3ccc(Cl)cc3)c2)c1. The van der Waals surface area contributed by atoms with Gasteiger partial charge in [0.05, 0.1) is 12.7 Å². The molecular formula is C23H17ClO4. The molecule has 0 aliphatic carbocycles. The van der Waals surface area contributed by atoms with Crippen molar-refractivity contribution in [1.82, 2.24) is 0 Å². The van der Waals surface area contributed by atoms with Gasteiger partial charge in [0.25, 0.3) is 0 Å². The zero-order valence-corrected chi connectivity index (χ0v) is 15.8. The molecule has 0 spiro atoms. The highest BCUT2D eigenvalue weighted by Gasteiger charge is 2.10. The second kappa shape index (κ2) is 9.02. The minimum absolute atomic E-state index is 0.143. The zero-order chi connectivity index (χ0) is 19.9. The van der Waals surface area contributed by atoms with Gasteiger partial charge in [-0.05, 0) is 66.2 Å². The lowest BCUT2D eigenvalue weighted by Crippen LogP contribution is -2.08. The number of allylic oxidation sites excluding steroid dienone is 1. The van der Waals surface area contributed by atoms with Gasteiger partial charge < -0.3 is 9.47 Å². The van der Waals surface area contributed by atoms with E-state index in [1.165, 1.54) is 13.2 Å². The van der Waals surface area contributed by atoms with E-state index in [0.29, 0.717) is 27.6 Å². The van der Waals surface area contributed by atoms with Crippen LogP contribution in [-0.4, -0.2) is 18.9 Å². The lowest BCUT2D eigenvalue weighted by Gasteiger charge is -2.06. The summed E-state index contributed by atoms with van der Waals surface area (Å²) in [6.45, 7) is 0. The van der Waals surface area contributed by atoms with Gasteiger partial charge in [-0.1, -0.05) is 35.9 Å². The Hall–Kier alpha value is -3.37. The van der Waals surface area contributed by atoms with Gasteiger partial charge >= 0.3 is 5.97 Å². The molecule has 4 nitrogen and oxygen atoms in total. The van der Waals surface area contributed by atoms with Gasteiger partial charge in [0.1, 0.15) is 11.5 Å². The van der Waals surface area contributed by atoms with Gasteiger partial charge in [-0.3, -0.25) is 4.79 Å². The van der Waals surface area contributed by atoms with Crippen LogP contribution in [0.2, 0.25) is 5.02 Å². The molecule has 0 aromatic heterocycles. The zero-order valence-electron chi connectivity index (χ0n) is 15.1. The Morgan fingerprint density at radius 3 is 2.32 bits per heavy atom. The number of ketones is 1. The summed E-state index contributed by atoms with van der Waals surface area (Å²) in [6.07, 6.45) is 3.13. The summed E-state index contributed by atoms with van der Waals surface area (Å²) < 4.78 is 10.5. The van der Waals surface area contributed by atoms with Crippen molar-refractivity contribution < 1.29 is 19.1 Å². The van der Waals surface area contributed by atoms with Crippen LogP contribution >= 0.6 is 11.6 Å². The minimum atomic E-state index is -0.489. The maximum atomic E-state index is 12.3. The molecule has 0 amide bonds. The normalized spacial score (nSPS) is 10.6. The molecule has 140 valence electrons. The van der Waals surface area contributed by atoms with Crippen LogP contribution in [0.1, 0.15) is 26.3 Å². The van der Waals surface area contributed by atoms with Crippen LogP contribution in [0.3, 0.4) is 0 Å². The minimum Gasteiger partial charge on any atom is -0.497 e. The highest BCUT2D eigenvalue weighted by atomic mass is 35.5. The fourth-order valence-electron chi connectivity index (χ4n) is 2.48. The van der Waals surface area contributed by atoms with Crippen molar-refractivity contribution in [3.8, 4) is 11.5 Å². The lowest BCUT2D eigenvalue weighted by molar-refractivity contribution is 0.0734. The average molecular weight is 393 g/mol. The summed E-state index contributed by atoms with van der Waals surface area (Å²) >= 11 is 5.83. The summed E-state index contributed by atoms with van der Waals surface area (Å²) in [6, 6.07) is 20.3. The van der Waals surface area contributed by atoms with Crippen molar-refractivity contribution in [2.75, 3.05) is 7.11 Å². The molecule has 0 radical (unpaired) electrons. The molecule has 3 aromatic rings. The van der Waals surface area contributed by atoms with E-state index in [-0.39, 0.29) is 5.78 Å². The number of halogens is 1. The second-order valence-electron chi connectivity index (χ2n) is 5.90. The standard InChI is InChI=1S/C23H17ClO4/c1-27-20-6-3-5-18(15-20)23(26)28-21-7-2-4-16(14-21)8-13-22(25)17-9-11-19(24)12-10-17/h2-15H,1H3/b13-8+. The Bertz CT molecular complexity index is 1020. The number of carbonyl (C=O) groups is 2. The maximum Gasteiger partial charge on any atom is 0.343 e. The van der Waals surface area contributed by atoms with Crippen LogP contribution in [-0.2, 0) is 0 Å². The first-order valence-corrected chi connectivity index (χ1v) is 8.87. The Balaban J connectivity index is 1.70. The van der Waals surface area contributed by atoms with Crippen LogP contribution in [0.5, 0.6) is 11.5 Å². The number of methoxy groups -OCH3 is 1. The molecule has 0 aliphatic heterocycles. The van der Waals surface area contributed by atoms with Crippen molar-refractivity contribution in [2.45, 2.75) is 0 Å². The first-order chi connectivity index (χ1) is 13.5. The molecule has 0 atom stereocenters. The van der Waals surface area contributed by atoms with Gasteiger partial charge in [-0.15, -0.1) is 0 Å². The molecular weight excluding hydrogens is 376 g/mol. The number of hydrogen-bond acceptors (Lipinski definition) is 4. The van der Waals surface area contributed by atoms with Crippen LogP contribution < -0.4 is 9.47 Å². The first kappa shape index (κ1) is 19.4. The van der Waals surface area contributed by atoms with E-state index in [9.17, 15) is 9.59 Å². The molecule has 3 aromatic carbocycles. The third-order valence-electron chi connectivity index (χ3n) is 3.93. The molecule has 0 N–H and O–H groups in total. The number of ether oxygens (including phenoxy) is 2. The number of rotatable bonds is 6. The molecule has 0 aliphatic rings. The highest BCUT2D eigenvalue weighted by molar-refractivity contribution is 6.30. The third-order valence-corrected chi connectivity index (χ3v) is 4.18. The Kier molecular flexibility index (Phi) is 6.25. The van der Waals surface area contributed by atoms with Crippen LogP contribution in [0.15, 0.2) is 78.9 Å². The molecule has 0 unspecified atom stereocenters. The summed E-state index contributed by atoms with van der Waals surface area (Å²) in [5.41, 5.74) is 1.66. The molecule has 0 saturated heterocycles. The predicted molar refractivity (Wildman–Crippen MR) is 109 cm³/mol. The Morgan fingerprint density at radius 1 is 0.857 bits per heavy atom. The van der Waals surface area contributed by atoms with Gasteiger partial charge in [0.2, 0.25) is 0 Å². The smallest absolute Gasteiger partial charge is 0.343 e. The average Bonchev–Trinajstić information content (AvgIpc) is 2.73. The van der Waals surface area contributed by atoms with Crippen LogP contribution in [0.4, 0.5) is 0 Å². The molecule has 0 bridgehead atoms. The highest BCUT2D eigenvalue weighted by Crippen LogP contribution is 2.19. The third kappa shape index (κ3) is 5.09. The predicted octanol–water partition coefficient (Wildman–Crippen LogP) is 5.46. The number of esters is 1. The fourth-order valence-corrected chi connectivity index (χ4v) is 2.61. The molecule has 5 heteroatoms. The van der Waals surface area contributed by atoms with Crippen LogP contribution in [0, 0.1) is 0 Å². The van der Waals surface area contributed by atoms with Gasteiger partial charge in [-0.25, -0.2) is 4.79 Å². The molecule has 28 heavy (non-hydrogen) atoms. The molecule has 3 rings (SSSR count). The van der Waals surface area contributed by atoms with Gasteiger partial charge in [-0.2, -0.15) is 0 Å². The quantitative estimate of drug-likeness (QED) is 0.242. The molecule has 0 saturated carbocycles. The maximum absolute atomic E-state index is 12.3. The van der Waals surface area contributed by atoms with Crippen molar-refractivity contribution in [3.05, 3.63) is 101 Å². The van der Waals surface area contributed by atoms with E-state index < -0.39 is 5.97 Å². The van der Waals surface area contributed by atoms with E-state index in [1.807, 2.05) is 6.07 Å². The summed E-state index contributed by atoms with van der Waals surface area (Å²) in [4.78, 5) is 24.5. The van der Waals surface area contributed by atoms with Crippen LogP contribution in [0.25, 0.3) is 6.08 Å². The van der Waals surface area contributed by atoms with Gasteiger partial charge in [0.15, 0.2) is 5.78 Å². The fraction of sp³-hybridized carbons (Fsp3) is 0.0435. The second-order valence-corrected chi connectivity index (χ2v) is 6.33. The summed E-state index contributed by atoms with van der Waals surface area (Å²) in [5.74, 6) is 0.327. The van der Waals surface area contributed by atoms with Crippen molar-refractivity contribution in [2.24, 2.45) is 0 Å². The van der Waals surface area contributed by atoms with E-state index >= 15 is 0 Å². The van der Waals surface area contributed by atoms with Crippen molar-refractivity contribution >= 4 is 29.4 Å². The number of hydrogen-bond donors (Lipinski definition) is 0. The molecule has 0 fully saturated rings. The van der Waals surface area contributed by atoms with E-state index in [4.69, 9.17) is 21.1 Å². The topological polar surface area (TPSA) is 52.6 Å². The van der Waals surface area contributed by atoms with Crippen molar-refractivity contribution in [3.63, 3.8) is 0 Å². The van der Waals surface area contributed by atoms with Crippen molar-refractivity contribution in [1.29, 1.82) is 0 Å². The lowest BCUT2D eigenvalue weighted by atomic mass is 10.1.